The summed E-state index contributed by atoms with van der Waals surface area (Å²) in [6.45, 7) is 4.05. The number of amides is 2. The van der Waals surface area contributed by atoms with E-state index in [9.17, 15) is 14.0 Å². The summed E-state index contributed by atoms with van der Waals surface area (Å²) in [5, 5.41) is 17.1. The largest absolute Gasteiger partial charge is 0.339 e. The average molecular weight is 511 g/mol. The van der Waals surface area contributed by atoms with Crippen molar-refractivity contribution in [1.29, 1.82) is 0 Å². The molecule has 2 N–H and O–H groups in total. The first-order valence-electron chi connectivity index (χ1n) is 10.7. The van der Waals surface area contributed by atoms with Gasteiger partial charge >= 0.3 is 0 Å². The Balaban J connectivity index is 1.76. The Kier molecular flexibility index (Phi) is 8.56. The van der Waals surface area contributed by atoms with Gasteiger partial charge in [-0.1, -0.05) is 5.21 Å². The quantitative estimate of drug-likeness (QED) is 0.319. The smallest absolute Gasteiger partial charge is 0.270 e. The van der Waals surface area contributed by atoms with Crippen LogP contribution in [0.3, 0.4) is 0 Å². The third kappa shape index (κ3) is 6.09. The van der Waals surface area contributed by atoms with Crippen molar-refractivity contribution in [3.05, 3.63) is 41.7 Å². The van der Waals surface area contributed by atoms with Gasteiger partial charge in [-0.25, -0.2) is 9.67 Å². The summed E-state index contributed by atoms with van der Waals surface area (Å²) in [4.78, 5) is 29.0. The van der Waals surface area contributed by atoms with Crippen LogP contribution >= 0.6 is 23.2 Å². The first-order valence-corrected chi connectivity index (χ1v) is 11.5. The molecule has 0 radical (unpaired) electrons. The van der Waals surface area contributed by atoms with Crippen LogP contribution in [0.5, 0.6) is 0 Å². The summed E-state index contributed by atoms with van der Waals surface area (Å²) < 4.78 is 17.7. The molecule has 2 amide bonds. The van der Waals surface area contributed by atoms with E-state index in [4.69, 9.17) is 23.2 Å². The molecule has 3 heterocycles. The van der Waals surface area contributed by atoms with Crippen molar-refractivity contribution in [1.82, 2.24) is 35.1 Å². The Morgan fingerprint density at radius 2 is 1.97 bits per heavy atom. The van der Waals surface area contributed by atoms with Crippen LogP contribution in [0.25, 0.3) is 11.3 Å². The van der Waals surface area contributed by atoms with Crippen molar-refractivity contribution in [3.8, 4) is 11.3 Å². The number of aromatic nitrogens is 6. The van der Waals surface area contributed by atoms with Gasteiger partial charge in [0.1, 0.15) is 22.4 Å². The lowest BCUT2D eigenvalue weighted by molar-refractivity contribution is -0.118. The van der Waals surface area contributed by atoms with Crippen molar-refractivity contribution >= 4 is 40.8 Å². The molecular formula is C21H25Cl2FN8O2. The molecule has 34 heavy (non-hydrogen) atoms. The molecular weight excluding hydrogens is 486 g/mol. The fourth-order valence-electron chi connectivity index (χ4n) is 3.48. The van der Waals surface area contributed by atoms with Crippen molar-refractivity contribution in [3.63, 3.8) is 0 Å². The minimum Gasteiger partial charge on any atom is -0.339 e. The van der Waals surface area contributed by atoms with E-state index >= 15 is 0 Å². The zero-order chi connectivity index (χ0) is 24.8. The lowest BCUT2D eigenvalue weighted by Crippen LogP contribution is -2.44. The van der Waals surface area contributed by atoms with E-state index in [0.29, 0.717) is 36.5 Å². The van der Waals surface area contributed by atoms with Crippen molar-refractivity contribution < 1.29 is 14.0 Å². The normalized spacial score (nSPS) is 12.1. The highest BCUT2D eigenvalue weighted by atomic mass is 35.5. The molecule has 3 aromatic heterocycles. The molecule has 0 aromatic carbocycles. The number of halogens is 3. The Bertz CT molecular complexity index is 1140. The maximum atomic E-state index is 14.8. The molecule has 0 aliphatic carbocycles. The van der Waals surface area contributed by atoms with Crippen LogP contribution in [0.4, 0.5) is 10.2 Å². The number of alkyl halides is 2. The van der Waals surface area contributed by atoms with Crippen LogP contribution in [0.2, 0.25) is 0 Å². The van der Waals surface area contributed by atoms with Crippen LogP contribution in [0.15, 0.2) is 24.4 Å². The molecule has 3 rings (SSSR count). The molecule has 1 atom stereocenters. The minimum atomic E-state index is -0.923. The van der Waals surface area contributed by atoms with E-state index < -0.39 is 28.6 Å². The van der Waals surface area contributed by atoms with Crippen LogP contribution in [-0.2, 0) is 18.4 Å². The van der Waals surface area contributed by atoms with Crippen LogP contribution in [0.1, 0.15) is 42.4 Å². The van der Waals surface area contributed by atoms with Crippen molar-refractivity contribution in [2.24, 2.45) is 7.05 Å². The summed E-state index contributed by atoms with van der Waals surface area (Å²) in [6, 6.07) is 3.60. The molecule has 10 nitrogen and oxygen atoms in total. The number of hydrogen-bond acceptors (Lipinski definition) is 6. The number of anilines is 1. The van der Waals surface area contributed by atoms with Gasteiger partial charge in [0.05, 0.1) is 17.0 Å². The van der Waals surface area contributed by atoms with Gasteiger partial charge < -0.3 is 10.6 Å². The number of carbonyl (C=O) groups is 2. The number of nitrogens with one attached hydrogen (secondary N) is 2. The number of pyridine rings is 1. The van der Waals surface area contributed by atoms with Gasteiger partial charge in [-0.05, 0) is 51.3 Å². The highest BCUT2D eigenvalue weighted by Crippen LogP contribution is 2.24. The molecule has 3 aromatic rings. The standard InChI is InChI=1S/C21H25Cl2FN8O2/c1-4-32-15(10-11-25-32)21(34)26-14(6-5-7-16(22)23)20(33)28-17-9-8-13(19(24)27-17)18-12(2)29-30-31(18)3/h8-11,14,16H,4-7H2,1-3H3,(H,26,34)(H,27,28,33)/t14-/m0/s1. The summed E-state index contributed by atoms with van der Waals surface area (Å²) >= 11 is 11.6. The summed E-state index contributed by atoms with van der Waals surface area (Å²) in [5.41, 5.74) is 1.56. The number of aryl methyl sites for hydroxylation is 3. The van der Waals surface area contributed by atoms with E-state index in [1.165, 1.54) is 27.7 Å². The second-order valence-electron chi connectivity index (χ2n) is 7.55. The maximum Gasteiger partial charge on any atom is 0.270 e. The zero-order valence-electron chi connectivity index (χ0n) is 18.9. The first kappa shape index (κ1) is 25.6. The topological polar surface area (TPSA) is 120 Å². The molecule has 0 saturated heterocycles. The number of nitrogens with zero attached hydrogens (tertiary/aromatic N) is 6. The average Bonchev–Trinajstić information content (AvgIpc) is 3.39. The molecule has 0 bridgehead atoms. The summed E-state index contributed by atoms with van der Waals surface area (Å²) in [7, 11) is 1.65. The van der Waals surface area contributed by atoms with Crippen molar-refractivity contribution in [2.45, 2.75) is 50.5 Å². The first-order chi connectivity index (χ1) is 16.2. The number of carbonyl (C=O) groups excluding carboxylic acids is 2. The van der Waals surface area contributed by atoms with Gasteiger partial charge in [0.25, 0.3) is 5.91 Å². The fraction of sp³-hybridized carbons (Fsp3) is 0.429. The van der Waals surface area contributed by atoms with Gasteiger partial charge in [-0.3, -0.25) is 14.3 Å². The molecule has 13 heteroatoms. The molecule has 0 saturated carbocycles. The molecule has 182 valence electrons. The van der Waals surface area contributed by atoms with E-state index in [-0.39, 0.29) is 17.8 Å². The molecule has 0 aliphatic heterocycles. The lowest BCUT2D eigenvalue weighted by atomic mass is 10.1. The maximum absolute atomic E-state index is 14.8. The third-order valence-electron chi connectivity index (χ3n) is 5.14. The summed E-state index contributed by atoms with van der Waals surface area (Å²) in [5.74, 6) is -1.79. The molecule has 0 aliphatic rings. The Morgan fingerprint density at radius 1 is 1.21 bits per heavy atom. The highest BCUT2D eigenvalue weighted by molar-refractivity contribution is 6.44. The fourth-order valence-corrected chi connectivity index (χ4v) is 3.79. The van der Waals surface area contributed by atoms with E-state index in [1.807, 2.05) is 6.92 Å². The predicted octanol–water partition coefficient (Wildman–Crippen LogP) is 3.25. The molecule has 0 unspecified atom stereocenters. The molecule has 0 fully saturated rings. The minimum absolute atomic E-state index is 0.00411. The van der Waals surface area contributed by atoms with Crippen LogP contribution < -0.4 is 10.6 Å². The lowest BCUT2D eigenvalue weighted by Gasteiger charge is -2.19. The van der Waals surface area contributed by atoms with Crippen molar-refractivity contribution in [2.75, 3.05) is 5.32 Å². The summed E-state index contributed by atoms with van der Waals surface area (Å²) in [6.07, 6.45) is 2.70. The van der Waals surface area contributed by atoms with Crippen LogP contribution in [0, 0.1) is 12.9 Å². The Morgan fingerprint density at radius 3 is 2.59 bits per heavy atom. The van der Waals surface area contributed by atoms with Crippen LogP contribution in [-0.4, -0.2) is 52.5 Å². The van der Waals surface area contributed by atoms with Gasteiger partial charge in [0, 0.05) is 19.8 Å². The van der Waals surface area contributed by atoms with E-state index in [1.54, 1.807) is 20.0 Å². The van der Waals surface area contributed by atoms with Gasteiger partial charge in [-0.2, -0.15) is 9.49 Å². The zero-order valence-corrected chi connectivity index (χ0v) is 20.4. The SMILES string of the molecule is CCn1nccc1C(=O)N[C@@H](CCCC(Cl)Cl)C(=O)Nc1ccc(-c2c(C)nnn2C)c(F)n1. The Hall–Kier alpha value is -3.05. The second kappa shape index (κ2) is 11.4. The van der Waals surface area contributed by atoms with E-state index in [2.05, 4.69) is 31.0 Å². The van der Waals surface area contributed by atoms with Gasteiger partial charge in [0.2, 0.25) is 11.9 Å². The predicted molar refractivity (Wildman–Crippen MR) is 126 cm³/mol. The molecule has 0 spiro atoms. The van der Waals surface area contributed by atoms with E-state index in [0.717, 1.165) is 0 Å². The Labute approximate surface area is 205 Å². The number of hydrogen-bond donors (Lipinski definition) is 2. The number of rotatable bonds is 10. The second-order valence-corrected chi connectivity index (χ2v) is 8.83. The van der Waals surface area contributed by atoms with Gasteiger partial charge in [0.15, 0.2) is 0 Å². The van der Waals surface area contributed by atoms with Gasteiger partial charge in [-0.15, -0.1) is 28.3 Å². The monoisotopic (exact) mass is 510 g/mol. The highest BCUT2D eigenvalue weighted by Gasteiger charge is 2.24. The third-order valence-corrected chi connectivity index (χ3v) is 5.57.